The lowest BCUT2D eigenvalue weighted by molar-refractivity contribution is 0.262. The average Bonchev–Trinajstić information content (AvgIpc) is 3.36. The highest BCUT2D eigenvalue weighted by Gasteiger charge is 2.11. The Balaban J connectivity index is 1.26. The number of amides is 2. The van der Waals surface area contributed by atoms with Gasteiger partial charge < -0.3 is 16.4 Å². The van der Waals surface area contributed by atoms with Gasteiger partial charge in [0.2, 0.25) is 5.95 Å². The van der Waals surface area contributed by atoms with Gasteiger partial charge in [0.25, 0.3) is 0 Å². The number of pyridine rings is 2. The number of hydrogen-bond donors (Lipinski definition) is 4. The number of urea groups is 1. The molecule has 0 aliphatic rings. The van der Waals surface area contributed by atoms with Crippen LogP contribution in [-0.4, -0.2) is 41.1 Å². The van der Waals surface area contributed by atoms with Gasteiger partial charge in [0, 0.05) is 64.8 Å². The molecule has 4 aromatic heterocycles. The van der Waals surface area contributed by atoms with Crippen LogP contribution in [0, 0.1) is 0 Å². The van der Waals surface area contributed by atoms with Gasteiger partial charge in [0.15, 0.2) is 5.82 Å². The van der Waals surface area contributed by atoms with Crippen LogP contribution in [0.2, 0.25) is 5.02 Å². The van der Waals surface area contributed by atoms with Crippen molar-refractivity contribution in [1.29, 1.82) is 0 Å². The number of rotatable bonds is 6. The van der Waals surface area contributed by atoms with Gasteiger partial charge in [-0.15, -0.1) is 0 Å². The third-order valence-corrected chi connectivity index (χ3v) is 5.50. The number of carbonyl (C=O) groups is 1. The maximum Gasteiger partial charge on any atom is 0.323 e. The largest absolute Gasteiger partial charge is 0.368 e. The lowest BCUT2D eigenvalue weighted by Crippen LogP contribution is -2.19. The van der Waals surface area contributed by atoms with Crippen LogP contribution in [0.15, 0.2) is 73.6 Å². The summed E-state index contributed by atoms with van der Waals surface area (Å²) >= 11 is 6.40. The Morgan fingerprint density at radius 2 is 1.67 bits per heavy atom. The fraction of sp³-hybridized carbons (Fsp3) is 0.0417. The van der Waals surface area contributed by atoms with Crippen molar-refractivity contribution in [2.24, 2.45) is 0 Å². The Hall–Kier alpha value is -4.90. The highest BCUT2D eigenvalue weighted by molar-refractivity contribution is 6.31. The zero-order valence-corrected chi connectivity index (χ0v) is 19.4. The number of nitrogens with one attached hydrogen (secondary N) is 3. The SMILES string of the molecule is Nc1ncc(-c2cncc(NC(=O)Nc3ccc(Cl)c(Cc4nc(-c5ccncc5)n[nH]4)c3)c2)cn1. The van der Waals surface area contributed by atoms with E-state index < -0.39 is 6.03 Å². The topological polar surface area (TPSA) is 160 Å². The molecule has 0 saturated heterocycles. The molecule has 0 saturated carbocycles. The molecule has 178 valence electrons. The van der Waals surface area contributed by atoms with Gasteiger partial charge in [-0.25, -0.2) is 19.7 Å². The number of halogens is 1. The van der Waals surface area contributed by atoms with Crippen molar-refractivity contribution >= 4 is 35.0 Å². The average molecular weight is 499 g/mol. The second-order valence-electron chi connectivity index (χ2n) is 7.70. The minimum atomic E-state index is -0.435. The molecule has 36 heavy (non-hydrogen) atoms. The molecule has 1 aromatic carbocycles. The number of nitrogen functional groups attached to an aromatic ring is 1. The summed E-state index contributed by atoms with van der Waals surface area (Å²) in [4.78, 5) is 33.3. The molecule has 2 amide bonds. The number of hydrogen-bond acceptors (Lipinski definition) is 8. The minimum Gasteiger partial charge on any atom is -0.368 e. The normalized spacial score (nSPS) is 10.7. The van der Waals surface area contributed by atoms with Gasteiger partial charge in [-0.1, -0.05) is 11.6 Å². The first-order valence-electron chi connectivity index (χ1n) is 10.7. The van der Waals surface area contributed by atoms with Crippen LogP contribution < -0.4 is 16.4 Å². The molecule has 5 rings (SSSR count). The van der Waals surface area contributed by atoms with Crippen molar-refractivity contribution in [2.45, 2.75) is 6.42 Å². The van der Waals surface area contributed by atoms with Gasteiger partial charge in [0.05, 0.1) is 11.9 Å². The van der Waals surface area contributed by atoms with E-state index in [0.29, 0.717) is 34.5 Å². The number of nitrogens with two attached hydrogens (primary N) is 1. The molecule has 0 atom stereocenters. The summed E-state index contributed by atoms with van der Waals surface area (Å²) in [5, 5.41) is 13.3. The number of aromatic nitrogens is 7. The Morgan fingerprint density at radius 1 is 0.889 bits per heavy atom. The first kappa shape index (κ1) is 22.9. The van der Waals surface area contributed by atoms with E-state index in [1.165, 1.54) is 0 Å². The van der Waals surface area contributed by atoms with E-state index in [-0.39, 0.29) is 5.95 Å². The summed E-state index contributed by atoms with van der Waals surface area (Å²) in [6.07, 6.45) is 10.1. The molecule has 5 N–H and O–H groups in total. The molecule has 0 fully saturated rings. The Bertz CT molecular complexity index is 1510. The van der Waals surface area contributed by atoms with Crippen LogP contribution in [0.25, 0.3) is 22.5 Å². The van der Waals surface area contributed by atoms with Crippen LogP contribution in [-0.2, 0) is 6.42 Å². The highest BCUT2D eigenvalue weighted by atomic mass is 35.5. The summed E-state index contributed by atoms with van der Waals surface area (Å²) in [5.41, 5.74) is 9.70. The van der Waals surface area contributed by atoms with Gasteiger partial charge in [0.1, 0.15) is 5.82 Å². The monoisotopic (exact) mass is 498 g/mol. The molecule has 12 heteroatoms. The molecule has 0 radical (unpaired) electrons. The second kappa shape index (κ2) is 10.2. The quantitative estimate of drug-likeness (QED) is 0.271. The van der Waals surface area contributed by atoms with Crippen molar-refractivity contribution < 1.29 is 4.79 Å². The zero-order chi connectivity index (χ0) is 24.9. The predicted octanol–water partition coefficient (Wildman–Crippen LogP) is 4.19. The van der Waals surface area contributed by atoms with E-state index in [2.05, 4.69) is 45.8 Å². The molecular formula is C24H19ClN10O. The summed E-state index contributed by atoms with van der Waals surface area (Å²) in [6.45, 7) is 0. The third-order valence-electron chi connectivity index (χ3n) is 5.13. The molecule has 11 nitrogen and oxygen atoms in total. The first-order valence-corrected chi connectivity index (χ1v) is 11.1. The Morgan fingerprint density at radius 3 is 2.47 bits per heavy atom. The minimum absolute atomic E-state index is 0.181. The highest BCUT2D eigenvalue weighted by Crippen LogP contribution is 2.24. The maximum atomic E-state index is 12.6. The molecule has 0 aliphatic heterocycles. The van der Waals surface area contributed by atoms with E-state index in [1.807, 2.05) is 12.1 Å². The number of anilines is 3. The zero-order valence-electron chi connectivity index (χ0n) is 18.7. The molecule has 4 heterocycles. The van der Waals surface area contributed by atoms with Crippen molar-refractivity contribution in [3.05, 3.63) is 90.0 Å². The fourth-order valence-corrected chi connectivity index (χ4v) is 3.60. The maximum absolute atomic E-state index is 12.6. The molecular weight excluding hydrogens is 480 g/mol. The van der Waals surface area contributed by atoms with Crippen molar-refractivity contribution in [2.75, 3.05) is 16.4 Å². The van der Waals surface area contributed by atoms with Gasteiger partial charge in [-0.2, -0.15) is 5.10 Å². The van der Waals surface area contributed by atoms with Gasteiger partial charge in [-0.05, 0) is 42.0 Å². The number of H-pyrrole nitrogens is 1. The molecule has 5 aromatic rings. The number of aromatic amines is 1. The second-order valence-corrected chi connectivity index (χ2v) is 8.10. The lowest BCUT2D eigenvalue weighted by atomic mass is 10.1. The predicted molar refractivity (Wildman–Crippen MR) is 136 cm³/mol. The lowest BCUT2D eigenvalue weighted by Gasteiger charge is -2.10. The first-order chi connectivity index (χ1) is 17.5. The van der Waals surface area contributed by atoms with E-state index in [1.54, 1.807) is 61.4 Å². The van der Waals surface area contributed by atoms with Crippen LogP contribution in [0.4, 0.5) is 22.1 Å². The Labute approximate surface area is 210 Å². The Kier molecular flexibility index (Phi) is 6.45. The smallest absolute Gasteiger partial charge is 0.323 e. The molecule has 0 unspecified atom stereocenters. The molecule has 0 aliphatic carbocycles. The van der Waals surface area contributed by atoms with Crippen LogP contribution in [0.1, 0.15) is 11.4 Å². The van der Waals surface area contributed by atoms with Crippen LogP contribution >= 0.6 is 11.6 Å². The van der Waals surface area contributed by atoms with Crippen LogP contribution in [0.3, 0.4) is 0 Å². The molecule has 0 bridgehead atoms. The summed E-state index contributed by atoms with van der Waals surface area (Å²) in [6, 6.07) is 10.2. The summed E-state index contributed by atoms with van der Waals surface area (Å²) in [7, 11) is 0. The van der Waals surface area contributed by atoms with E-state index in [4.69, 9.17) is 17.3 Å². The number of carbonyl (C=O) groups excluding carboxylic acids is 1. The van der Waals surface area contributed by atoms with Crippen molar-refractivity contribution in [3.8, 4) is 22.5 Å². The van der Waals surface area contributed by atoms with E-state index >= 15 is 0 Å². The third kappa shape index (κ3) is 5.42. The number of nitrogens with zero attached hydrogens (tertiary/aromatic N) is 6. The standard InChI is InChI=1S/C24H19ClN10O/c25-20-2-1-18(7-15(20)9-21-33-22(35-34-21)14-3-5-27-6-4-14)31-24(36)32-19-8-16(10-28-13-19)17-11-29-23(26)30-12-17/h1-8,10-13H,9H2,(H2,26,29,30)(H2,31,32,36)(H,33,34,35). The van der Waals surface area contributed by atoms with Crippen LogP contribution in [0.5, 0.6) is 0 Å². The molecule has 0 spiro atoms. The van der Waals surface area contributed by atoms with Crippen molar-refractivity contribution in [3.63, 3.8) is 0 Å². The van der Waals surface area contributed by atoms with Gasteiger partial charge >= 0.3 is 6.03 Å². The number of benzene rings is 1. The van der Waals surface area contributed by atoms with Crippen molar-refractivity contribution in [1.82, 2.24) is 35.1 Å². The van der Waals surface area contributed by atoms with Gasteiger partial charge in [-0.3, -0.25) is 15.1 Å². The van der Waals surface area contributed by atoms with E-state index in [0.717, 1.165) is 22.3 Å². The van der Waals surface area contributed by atoms with E-state index in [9.17, 15) is 4.79 Å². The summed E-state index contributed by atoms with van der Waals surface area (Å²) in [5.74, 6) is 1.39. The fourth-order valence-electron chi connectivity index (χ4n) is 3.42. The summed E-state index contributed by atoms with van der Waals surface area (Å²) < 4.78 is 0.